The van der Waals surface area contributed by atoms with Crippen molar-refractivity contribution in [3.05, 3.63) is 0 Å². The highest BCUT2D eigenvalue weighted by Gasteiger charge is 2.22. The summed E-state index contributed by atoms with van der Waals surface area (Å²) in [5, 5.41) is 7.10. The van der Waals surface area contributed by atoms with Crippen LogP contribution in [0.3, 0.4) is 0 Å². The van der Waals surface area contributed by atoms with Crippen LogP contribution in [0.5, 0.6) is 0 Å². The Balaban J connectivity index is 0. The van der Waals surface area contributed by atoms with Gasteiger partial charge in [-0.3, -0.25) is 4.74 Å². The highest BCUT2D eigenvalue weighted by Crippen LogP contribution is 2.22. The molecule has 0 heterocycles. The number of halogens is 4. The number of alkyl halides is 4. The van der Waals surface area contributed by atoms with E-state index in [0.29, 0.717) is 0 Å². The van der Waals surface area contributed by atoms with Crippen LogP contribution < -0.4 is 0 Å². The minimum Gasteiger partial charge on any atom is -0.340 e. The van der Waals surface area contributed by atoms with Crippen LogP contribution in [0.1, 0.15) is 65.2 Å². The highest BCUT2D eigenvalue weighted by molar-refractivity contribution is 6.47. The second kappa shape index (κ2) is 14.5. The van der Waals surface area contributed by atoms with E-state index in [1.807, 2.05) is 0 Å². The van der Waals surface area contributed by atoms with Crippen LogP contribution in [0.15, 0.2) is 0 Å². The second-order valence-corrected chi connectivity index (χ2v) is 6.22. The van der Waals surface area contributed by atoms with Crippen LogP contribution in [0.4, 0.5) is 0 Å². The van der Waals surface area contributed by atoms with Crippen molar-refractivity contribution >= 4 is 46.4 Å². The Morgan fingerprint density at radius 3 is 1.39 bits per heavy atom. The Kier molecular flexibility index (Phi) is 17.2. The Hall–Kier alpha value is 1.08. The summed E-state index contributed by atoms with van der Waals surface area (Å²) in [5.41, 5.74) is 0. The zero-order chi connectivity index (χ0) is 14.4. The van der Waals surface area contributed by atoms with Gasteiger partial charge in [0.05, 0.1) is 0 Å². The molecule has 0 spiro atoms. The topological polar surface area (TPSA) is 29.5 Å². The van der Waals surface area contributed by atoms with E-state index in [4.69, 9.17) is 51.5 Å². The number of hydrogen-bond donors (Lipinski definition) is 1. The fourth-order valence-electron chi connectivity index (χ4n) is 1.31. The highest BCUT2D eigenvalue weighted by atomic mass is 35.5. The third-order valence-corrected chi connectivity index (χ3v) is 2.54. The van der Waals surface area contributed by atoms with Gasteiger partial charge >= 0.3 is 4.71 Å². The summed E-state index contributed by atoms with van der Waals surface area (Å²) >= 11 is 19.7. The maximum absolute atomic E-state index is 8.33. The molecular weight excluding hydrogens is 318 g/mol. The Morgan fingerprint density at radius 2 is 1.22 bits per heavy atom. The van der Waals surface area contributed by atoms with Crippen LogP contribution in [0.2, 0.25) is 0 Å². The van der Waals surface area contributed by atoms with Gasteiger partial charge in [0, 0.05) is 0 Å². The predicted octanol–water partition coefficient (Wildman–Crippen LogP) is 5.99. The van der Waals surface area contributed by atoms with Gasteiger partial charge in [0.2, 0.25) is 5.02 Å². The standard InChI is InChI=1S/C10H22.C2H2Cl4O2/c1-3-5-7-9-10-8-6-4-2;3-1(4)8-2(5,6)7/h3-10H2,1-2H3;1,7H. The molecule has 0 aliphatic carbocycles. The van der Waals surface area contributed by atoms with Crippen molar-refractivity contribution in [1.82, 2.24) is 0 Å². The van der Waals surface area contributed by atoms with E-state index >= 15 is 0 Å². The lowest BCUT2D eigenvalue weighted by molar-refractivity contribution is -0.0667. The molecular formula is C12H24Cl4O2. The minimum absolute atomic E-state index is 1.23. The van der Waals surface area contributed by atoms with Crippen molar-refractivity contribution in [3.63, 3.8) is 0 Å². The Bertz CT molecular complexity index is 153. The van der Waals surface area contributed by atoms with E-state index < -0.39 is 9.73 Å². The SMILES string of the molecule is CCCCCCCCCC.OC(Cl)(Cl)OC(Cl)Cl. The molecule has 2 nitrogen and oxygen atoms in total. The summed E-state index contributed by atoms with van der Waals surface area (Å²) < 4.78 is 1.76. The third kappa shape index (κ3) is 25.8. The van der Waals surface area contributed by atoms with Crippen LogP contribution in [0, 0.1) is 0 Å². The summed E-state index contributed by atoms with van der Waals surface area (Å²) in [6.45, 7) is 4.54. The summed E-state index contributed by atoms with van der Waals surface area (Å²) in [4.78, 5) is 0. The zero-order valence-corrected chi connectivity index (χ0v) is 14.1. The van der Waals surface area contributed by atoms with Crippen LogP contribution >= 0.6 is 46.4 Å². The minimum atomic E-state index is -2.30. The van der Waals surface area contributed by atoms with Crippen molar-refractivity contribution in [2.75, 3.05) is 0 Å². The number of unbranched alkanes of at least 4 members (excludes halogenated alkanes) is 7. The van der Waals surface area contributed by atoms with Crippen LogP contribution in [-0.4, -0.2) is 14.8 Å². The first kappa shape index (κ1) is 21.4. The number of hydrogen-bond acceptors (Lipinski definition) is 2. The van der Waals surface area contributed by atoms with Gasteiger partial charge in [-0.15, -0.1) is 0 Å². The lowest BCUT2D eigenvalue weighted by Gasteiger charge is -2.11. The first-order valence-electron chi connectivity index (χ1n) is 6.39. The van der Waals surface area contributed by atoms with Gasteiger partial charge < -0.3 is 5.11 Å². The van der Waals surface area contributed by atoms with Crippen LogP contribution in [-0.2, 0) is 4.74 Å². The van der Waals surface area contributed by atoms with Gasteiger partial charge in [-0.1, -0.05) is 88.4 Å². The summed E-state index contributed by atoms with van der Waals surface area (Å²) in [6, 6.07) is 0. The molecule has 18 heavy (non-hydrogen) atoms. The molecule has 1 N–H and O–H groups in total. The van der Waals surface area contributed by atoms with E-state index in [1.165, 1.54) is 51.4 Å². The van der Waals surface area contributed by atoms with E-state index in [0.717, 1.165) is 0 Å². The fraction of sp³-hybridized carbons (Fsp3) is 1.00. The fourth-order valence-corrected chi connectivity index (χ4v) is 1.93. The first-order valence-corrected chi connectivity index (χ1v) is 8.02. The molecule has 0 aromatic rings. The molecule has 0 fully saturated rings. The smallest absolute Gasteiger partial charge is 0.331 e. The first-order chi connectivity index (χ1) is 8.33. The van der Waals surface area contributed by atoms with Gasteiger partial charge in [0.15, 0.2) is 0 Å². The second-order valence-electron chi connectivity index (χ2n) is 3.99. The largest absolute Gasteiger partial charge is 0.340 e. The Morgan fingerprint density at radius 1 is 0.889 bits per heavy atom. The molecule has 6 heteroatoms. The monoisotopic (exact) mass is 340 g/mol. The summed E-state index contributed by atoms with van der Waals surface area (Å²) in [7, 11) is 0. The third-order valence-electron chi connectivity index (χ3n) is 2.19. The van der Waals surface area contributed by atoms with E-state index in [9.17, 15) is 0 Å². The molecule has 0 unspecified atom stereocenters. The predicted molar refractivity (Wildman–Crippen MR) is 81.5 cm³/mol. The van der Waals surface area contributed by atoms with E-state index in [2.05, 4.69) is 18.6 Å². The molecule has 0 aromatic carbocycles. The van der Waals surface area contributed by atoms with Gasteiger partial charge in [-0.25, -0.2) is 0 Å². The number of ether oxygens (including phenoxy) is 1. The summed E-state index contributed by atoms with van der Waals surface area (Å²) in [6.07, 6.45) is 11.5. The zero-order valence-electron chi connectivity index (χ0n) is 11.1. The maximum atomic E-state index is 8.33. The Labute approximate surface area is 131 Å². The molecule has 0 aliphatic heterocycles. The van der Waals surface area contributed by atoms with Crippen molar-refractivity contribution in [1.29, 1.82) is 0 Å². The quantitative estimate of drug-likeness (QED) is 0.317. The normalized spacial score (nSPS) is 11.3. The average Bonchev–Trinajstić information content (AvgIpc) is 2.20. The molecule has 0 bridgehead atoms. The van der Waals surface area contributed by atoms with Gasteiger partial charge in [0.25, 0.3) is 0 Å². The van der Waals surface area contributed by atoms with Crippen molar-refractivity contribution in [2.24, 2.45) is 0 Å². The summed E-state index contributed by atoms with van der Waals surface area (Å²) in [5.74, 6) is 0. The number of rotatable bonds is 9. The lowest BCUT2D eigenvalue weighted by Crippen LogP contribution is -2.18. The number of aliphatic hydroxyl groups is 1. The van der Waals surface area contributed by atoms with Gasteiger partial charge in [-0.05, 0) is 23.2 Å². The lowest BCUT2D eigenvalue weighted by atomic mass is 10.1. The molecule has 112 valence electrons. The van der Waals surface area contributed by atoms with Crippen molar-refractivity contribution < 1.29 is 9.84 Å². The van der Waals surface area contributed by atoms with Gasteiger partial charge in [-0.2, -0.15) is 0 Å². The maximum Gasteiger partial charge on any atom is 0.331 e. The van der Waals surface area contributed by atoms with Crippen LogP contribution in [0.25, 0.3) is 0 Å². The average molecular weight is 342 g/mol. The van der Waals surface area contributed by atoms with E-state index in [-0.39, 0.29) is 0 Å². The molecule has 0 saturated carbocycles. The van der Waals surface area contributed by atoms with E-state index in [1.54, 1.807) is 0 Å². The molecule has 0 aliphatic rings. The molecule has 0 amide bonds. The molecule has 0 atom stereocenters. The van der Waals surface area contributed by atoms with Crippen molar-refractivity contribution in [2.45, 2.75) is 74.9 Å². The molecule has 0 aromatic heterocycles. The molecule has 0 saturated heterocycles. The molecule has 0 radical (unpaired) electrons. The molecule has 0 rings (SSSR count). The van der Waals surface area contributed by atoms with Crippen molar-refractivity contribution in [3.8, 4) is 0 Å². The van der Waals surface area contributed by atoms with Gasteiger partial charge in [0.1, 0.15) is 0 Å².